The van der Waals surface area contributed by atoms with E-state index in [-0.39, 0.29) is 23.1 Å². The maximum Gasteiger partial charge on any atom is 0.407 e. The number of rotatable bonds is 4. The lowest BCUT2D eigenvalue weighted by molar-refractivity contribution is -0.388. The van der Waals surface area contributed by atoms with Gasteiger partial charge in [0.05, 0.1) is 0 Å². The first-order valence-electron chi connectivity index (χ1n) is 8.21. The summed E-state index contributed by atoms with van der Waals surface area (Å²) in [7, 11) is 0. The molecule has 1 saturated carbocycles. The molecule has 0 bridgehead atoms. The van der Waals surface area contributed by atoms with Crippen LogP contribution in [0.25, 0.3) is 0 Å². The molecule has 0 spiro atoms. The van der Waals surface area contributed by atoms with Crippen LogP contribution in [0.2, 0.25) is 5.15 Å². The Morgan fingerprint density at radius 3 is 2.44 bits per heavy atom. The Labute approximate surface area is 151 Å². The van der Waals surface area contributed by atoms with Gasteiger partial charge in [-0.1, -0.05) is 0 Å². The van der Waals surface area contributed by atoms with Crippen molar-refractivity contribution in [3.63, 3.8) is 0 Å². The summed E-state index contributed by atoms with van der Waals surface area (Å²) in [5, 5.41) is 17.2. The first-order chi connectivity index (χ1) is 11.6. The first kappa shape index (κ1) is 19.2. The topological polar surface area (TPSA) is 106 Å². The molecule has 1 fully saturated rings. The maximum absolute atomic E-state index is 11.8. The van der Waals surface area contributed by atoms with Gasteiger partial charge in [-0.3, -0.25) is 0 Å². The second-order valence-corrected chi connectivity index (χ2v) is 7.49. The third-order valence-electron chi connectivity index (χ3n) is 3.82. The molecule has 1 aromatic heterocycles. The van der Waals surface area contributed by atoms with E-state index >= 15 is 0 Å². The van der Waals surface area contributed by atoms with Gasteiger partial charge in [-0.15, -0.1) is 0 Å². The summed E-state index contributed by atoms with van der Waals surface area (Å²) in [6, 6.07) is 3.22. The predicted octanol–water partition coefficient (Wildman–Crippen LogP) is 3.89. The van der Waals surface area contributed by atoms with E-state index in [1.807, 2.05) is 20.8 Å². The van der Waals surface area contributed by atoms with Gasteiger partial charge in [-0.2, -0.15) is 0 Å². The largest absolute Gasteiger partial charge is 0.444 e. The minimum absolute atomic E-state index is 0.0474. The summed E-state index contributed by atoms with van der Waals surface area (Å²) in [4.78, 5) is 26.1. The lowest BCUT2D eigenvalue weighted by Crippen LogP contribution is -2.42. The van der Waals surface area contributed by atoms with E-state index < -0.39 is 16.6 Å². The van der Waals surface area contributed by atoms with Gasteiger partial charge in [-0.25, -0.2) is 4.79 Å². The molecule has 8 nitrogen and oxygen atoms in total. The Morgan fingerprint density at radius 1 is 1.28 bits per heavy atom. The number of amides is 1. The van der Waals surface area contributed by atoms with Gasteiger partial charge < -0.3 is 25.5 Å². The third-order valence-corrected chi connectivity index (χ3v) is 4.03. The fraction of sp³-hybridized carbons (Fsp3) is 0.625. The SMILES string of the molecule is CC(C)(C)OC(=O)NC1CCC(Nc2ccc(Cl)nc2[N+](=O)[O-])CC1. The van der Waals surface area contributed by atoms with Crippen molar-refractivity contribution in [3.8, 4) is 0 Å². The van der Waals surface area contributed by atoms with Crippen LogP contribution in [0, 0.1) is 10.1 Å². The van der Waals surface area contributed by atoms with Gasteiger partial charge in [0.1, 0.15) is 11.3 Å². The van der Waals surface area contributed by atoms with Crippen LogP contribution in [-0.2, 0) is 4.74 Å². The summed E-state index contributed by atoms with van der Waals surface area (Å²) in [6.45, 7) is 5.46. The molecule has 1 amide bonds. The van der Waals surface area contributed by atoms with Gasteiger partial charge in [0.15, 0.2) is 0 Å². The Kier molecular flexibility index (Phi) is 6.05. The summed E-state index contributed by atoms with van der Waals surface area (Å²) in [6.07, 6.45) is 2.68. The van der Waals surface area contributed by atoms with E-state index in [0.29, 0.717) is 5.69 Å². The molecule has 0 saturated heterocycles. The first-order valence-corrected chi connectivity index (χ1v) is 8.59. The van der Waals surface area contributed by atoms with Crippen LogP contribution in [0.5, 0.6) is 0 Å². The Balaban J connectivity index is 1.87. The average Bonchev–Trinajstić information content (AvgIpc) is 2.49. The predicted molar refractivity (Wildman–Crippen MR) is 94.9 cm³/mol. The summed E-state index contributed by atoms with van der Waals surface area (Å²) < 4.78 is 5.25. The normalized spacial score (nSPS) is 20.6. The monoisotopic (exact) mass is 370 g/mol. The van der Waals surface area contributed by atoms with Crippen LogP contribution in [0.1, 0.15) is 46.5 Å². The molecular weight excluding hydrogens is 348 g/mol. The zero-order valence-electron chi connectivity index (χ0n) is 14.5. The standard InChI is InChI=1S/C16H23ClN4O4/c1-16(2,3)25-15(22)19-11-6-4-10(5-7-11)18-12-8-9-13(17)20-14(12)21(23)24/h8-11,18H,4-7H2,1-3H3,(H,19,22). The molecule has 0 aromatic carbocycles. The highest BCUT2D eigenvalue weighted by Gasteiger charge is 2.26. The summed E-state index contributed by atoms with van der Waals surface area (Å²) in [5.74, 6) is -0.276. The van der Waals surface area contributed by atoms with Gasteiger partial charge >= 0.3 is 11.9 Å². The van der Waals surface area contributed by atoms with Crippen molar-refractivity contribution in [3.05, 3.63) is 27.4 Å². The molecule has 1 aromatic rings. The summed E-state index contributed by atoms with van der Waals surface area (Å²) >= 11 is 5.72. The quantitative estimate of drug-likeness (QED) is 0.473. The van der Waals surface area contributed by atoms with Crippen molar-refractivity contribution < 1.29 is 14.5 Å². The number of alkyl carbamates (subject to hydrolysis) is 1. The number of nitro groups is 1. The van der Waals surface area contributed by atoms with E-state index in [9.17, 15) is 14.9 Å². The molecule has 25 heavy (non-hydrogen) atoms. The molecule has 0 unspecified atom stereocenters. The number of carbonyl (C=O) groups excluding carboxylic acids is 1. The number of anilines is 1. The number of hydrogen-bond donors (Lipinski definition) is 2. The minimum atomic E-state index is -0.552. The van der Waals surface area contributed by atoms with Crippen LogP contribution >= 0.6 is 11.6 Å². The number of halogens is 1. The van der Waals surface area contributed by atoms with Crippen LogP contribution in [0.4, 0.5) is 16.3 Å². The lowest BCUT2D eigenvalue weighted by Gasteiger charge is -2.30. The lowest BCUT2D eigenvalue weighted by atomic mass is 9.91. The van der Waals surface area contributed by atoms with Crippen LogP contribution in [0.15, 0.2) is 12.1 Å². The Morgan fingerprint density at radius 2 is 1.88 bits per heavy atom. The molecule has 1 aliphatic rings. The van der Waals surface area contributed by atoms with Crippen LogP contribution < -0.4 is 10.6 Å². The highest BCUT2D eigenvalue weighted by molar-refractivity contribution is 6.29. The highest BCUT2D eigenvalue weighted by atomic mass is 35.5. The molecule has 2 rings (SSSR count). The van der Waals surface area contributed by atoms with Gasteiger partial charge in [-0.05, 0) is 74.0 Å². The number of hydrogen-bond acceptors (Lipinski definition) is 6. The number of pyridine rings is 1. The van der Waals surface area contributed by atoms with Gasteiger partial charge in [0.2, 0.25) is 5.15 Å². The second-order valence-electron chi connectivity index (χ2n) is 7.10. The van der Waals surface area contributed by atoms with Crippen LogP contribution in [0.3, 0.4) is 0 Å². The number of aromatic nitrogens is 1. The molecule has 1 heterocycles. The second kappa shape index (κ2) is 7.86. The van der Waals surface area contributed by atoms with E-state index in [1.165, 1.54) is 6.07 Å². The van der Waals surface area contributed by atoms with Crippen molar-refractivity contribution >= 4 is 29.2 Å². The van der Waals surface area contributed by atoms with E-state index in [2.05, 4.69) is 15.6 Å². The number of ether oxygens (including phenoxy) is 1. The van der Waals surface area contributed by atoms with Crippen molar-refractivity contribution in [1.82, 2.24) is 10.3 Å². The molecule has 0 radical (unpaired) electrons. The Hall–Kier alpha value is -2.09. The highest BCUT2D eigenvalue weighted by Crippen LogP contribution is 2.28. The average molecular weight is 371 g/mol. The van der Waals surface area contributed by atoms with Crippen LogP contribution in [-0.4, -0.2) is 33.7 Å². The number of nitrogens with zero attached hydrogens (tertiary/aromatic N) is 2. The minimum Gasteiger partial charge on any atom is -0.444 e. The van der Waals surface area contributed by atoms with Gasteiger partial charge in [0.25, 0.3) is 0 Å². The van der Waals surface area contributed by atoms with Crippen molar-refractivity contribution in [2.24, 2.45) is 0 Å². The molecule has 9 heteroatoms. The molecule has 0 atom stereocenters. The molecular formula is C16H23ClN4O4. The fourth-order valence-electron chi connectivity index (χ4n) is 2.75. The molecule has 0 aliphatic heterocycles. The number of nitrogens with one attached hydrogen (secondary N) is 2. The van der Waals surface area contributed by atoms with Crippen molar-refractivity contribution in [1.29, 1.82) is 0 Å². The molecule has 1 aliphatic carbocycles. The van der Waals surface area contributed by atoms with E-state index in [1.54, 1.807) is 6.07 Å². The number of carbonyl (C=O) groups is 1. The fourth-order valence-corrected chi connectivity index (χ4v) is 2.90. The van der Waals surface area contributed by atoms with Gasteiger partial charge in [0, 0.05) is 18.2 Å². The Bertz CT molecular complexity index is 640. The zero-order chi connectivity index (χ0) is 18.6. The maximum atomic E-state index is 11.8. The zero-order valence-corrected chi connectivity index (χ0v) is 15.3. The third kappa shape index (κ3) is 6.04. The van der Waals surface area contributed by atoms with E-state index in [0.717, 1.165) is 25.7 Å². The van der Waals surface area contributed by atoms with E-state index in [4.69, 9.17) is 16.3 Å². The van der Waals surface area contributed by atoms with Crippen molar-refractivity contribution in [2.45, 2.75) is 64.1 Å². The smallest absolute Gasteiger partial charge is 0.407 e. The summed E-state index contributed by atoms with van der Waals surface area (Å²) in [5.41, 5.74) is -0.165. The molecule has 138 valence electrons. The van der Waals surface area contributed by atoms with Crippen molar-refractivity contribution in [2.75, 3.05) is 5.32 Å². The molecule has 2 N–H and O–H groups in total.